The van der Waals surface area contributed by atoms with Gasteiger partial charge in [-0.3, -0.25) is 4.79 Å². The van der Waals surface area contributed by atoms with Crippen molar-refractivity contribution in [2.24, 2.45) is 0 Å². The Bertz CT molecular complexity index is 1100. The molecule has 0 atom stereocenters. The molecule has 156 valence electrons. The number of aromatic nitrogens is 1. The van der Waals surface area contributed by atoms with E-state index in [0.717, 1.165) is 40.1 Å². The van der Waals surface area contributed by atoms with Crippen LogP contribution in [0, 0.1) is 0 Å². The van der Waals surface area contributed by atoms with E-state index in [0.29, 0.717) is 10.2 Å². The molecule has 0 fully saturated rings. The number of carbonyl (C=O) groups excluding carboxylic acids is 1. The van der Waals surface area contributed by atoms with E-state index in [-0.39, 0.29) is 5.91 Å². The summed E-state index contributed by atoms with van der Waals surface area (Å²) in [6.45, 7) is 2.14. The third kappa shape index (κ3) is 5.04. The van der Waals surface area contributed by atoms with Crippen molar-refractivity contribution in [3.05, 3.63) is 106 Å². The normalized spacial score (nSPS) is 10.9. The van der Waals surface area contributed by atoms with E-state index in [1.165, 1.54) is 0 Å². The minimum atomic E-state index is -0.403. The maximum atomic E-state index is 13.4. The maximum absolute atomic E-state index is 13.4. The second-order valence-electron chi connectivity index (χ2n) is 7.29. The summed E-state index contributed by atoms with van der Waals surface area (Å²) in [5.41, 5.74) is 3.82. The summed E-state index contributed by atoms with van der Waals surface area (Å²) >= 11 is 7.59. The van der Waals surface area contributed by atoms with E-state index in [4.69, 9.17) is 16.6 Å². The molecule has 4 aromatic rings. The quantitative estimate of drug-likeness (QED) is 0.326. The molecule has 0 aliphatic heterocycles. The van der Waals surface area contributed by atoms with Gasteiger partial charge in [-0.15, -0.1) is 11.3 Å². The van der Waals surface area contributed by atoms with E-state index in [1.54, 1.807) is 11.3 Å². The Balaban J connectivity index is 1.66. The van der Waals surface area contributed by atoms with Crippen molar-refractivity contribution >= 4 is 34.0 Å². The van der Waals surface area contributed by atoms with Crippen molar-refractivity contribution in [3.8, 4) is 11.3 Å². The molecule has 0 unspecified atom stereocenters. The number of amides is 1. The van der Waals surface area contributed by atoms with Crippen molar-refractivity contribution in [2.75, 3.05) is 5.32 Å². The van der Waals surface area contributed by atoms with Gasteiger partial charge in [0.05, 0.1) is 11.6 Å². The van der Waals surface area contributed by atoms with Crippen LogP contribution < -0.4 is 5.32 Å². The average molecular weight is 447 g/mol. The molecule has 1 heterocycles. The molecule has 0 aliphatic carbocycles. The Kier molecular flexibility index (Phi) is 6.80. The predicted molar refractivity (Wildman–Crippen MR) is 130 cm³/mol. The molecule has 0 aliphatic rings. The molecule has 5 heteroatoms. The van der Waals surface area contributed by atoms with Crippen LogP contribution in [-0.2, 0) is 11.2 Å². The molecule has 4 rings (SSSR count). The molecule has 1 aromatic heterocycles. The number of rotatable bonds is 7. The molecule has 0 saturated heterocycles. The van der Waals surface area contributed by atoms with Crippen LogP contribution in [0.25, 0.3) is 11.3 Å². The van der Waals surface area contributed by atoms with Crippen LogP contribution in [-0.4, -0.2) is 10.9 Å². The van der Waals surface area contributed by atoms with Gasteiger partial charge in [0.1, 0.15) is 0 Å². The molecule has 0 bridgehead atoms. The van der Waals surface area contributed by atoms with Crippen LogP contribution in [0.1, 0.15) is 35.3 Å². The molecular weight excluding hydrogens is 424 g/mol. The molecule has 1 N–H and O–H groups in total. The molecule has 3 nitrogen and oxygen atoms in total. The number of thiazole rings is 1. The zero-order valence-corrected chi connectivity index (χ0v) is 18.8. The van der Waals surface area contributed by atoms with Gasteiger partial charge in [-0.05, 0) is 29.7 Å². The highest BCUT2D eigenvalue weighted by atomic mass is 35.5. The Morgan fingerprint density at radius 3 is 2.06 bits per heavy atom. The first-order valence-electron chi connectivity index (χ1n) is 10.3. The van der Waals surface area contributed by atoms with E-state index in [2.05, 4.69) is 12.2 Å². The molecule has 0 spiro atoms. The average Bonchev–Trinajstić information content (AvgIpc) is 3.18. The monoisotopic (exact) mass is 446 g/mol. The van der Waals surface area contributed by atoms with Gasteiger partial charge in [0.2, 0.25) is 5.91 Å². The maximum Gasteiger partial charge on any atom is 0.238 e. The third-order valence-electron chi connectivity index (χ3n) is 5.05. The van der Waals surface area contributed by atoms with Crippen LogP contribution in [0.5, 0.6) is 0 Å². The van der Waals surface area contributed by atoms with E-state index in [1.807, 2.05) is 84.9 Å². The van der Waals surface area contributed by atoms with Gasteiger partial charge in [0.15, 0.2) is 5.13 Å². The number of aryl methyl sites for hydroxylation is 1. The molecule has 0 saturated carbocycles. The van der Waals surface area contributed by atoms with Crippen molar-refractivity contribution in [3.63, 3.8) is 0 Å². The SMILES string of the molecule is CCCc1sc(NC(=O)C(c2ccccc2)c2ccccc2)nc1-c1ccc(Cl)cc1. The lowest BCUT2D eigenvalue weighted by Gasteiger charge is -2.17. The predicted octanol–water partition coefficient (Wildman–Crippen LogP) is 7.19. The lowest BCUT2D eigenvalue weighted by Crippen LogP contribution is -2.22. The fourth-order valence-electron chi connectivity index (χ4n) is 3.60. The number of hydrogen-bond donors (Lipinski definition) is 1. The number of benzene rings is 3. The largest absolute Gasteiger partial charge is 0.301 e. The van der Waals surface area contributed by atoms with Crippen molar-refractivity contribution in [1.29, 1.82) is 0 Å². The summed E-state index contributed by atoms with van der Waals surface area (Å²) in [5, 5.41) is 4.40. The topological polar surface area (TPSA) is 42.0 Å². The summed E-state index contributed by atoms with van der Waals surface area (Å²) in [6, 6.07) is 27.4. The van der Waals surface area contributed by atoms with E-state index < -0.39 is 5.92 Å². The smallest absolute Gasteiger partial charge is 0.238 e. The van der Waals surface area contributed by atoms with Crippen molar-refractivity contribution in [2.45, 2.75) is 25.7 Å². The van der Waals surface area contributed by atoms with Gasteiger partial charge in [0, 0.05) is 15.5 Å². The Morgan fingerprint density at radius 2 is 1.52 bits per heavy atom. The summed E-state index contributed by atoms with van der Waals surface area (Å²) in [5.74, 6) is -0.489. The highest BCUT2D eigenvalue weighted by Crippen LogP contribution is 2.34. The van der Waals surface area contributed by atoms with Crippen molar-refractivity contribution in [1.82, 2.24) is 4.98 Å². The zero-order valence-electron chi connectivity index (χ0n) is 17.2. The number of hydrogen-bond acceptors (Lipinski definition) is 3. The molecule has 0 radical (unpaired) electrons. The van der Waals surface area contributed by atoms with Crippen molar-refractivity contribution < 1.29 is 4.79 Å². The molecule has 31 heavy (non-hydrogen) atoms. The van der Waals surface area contributed by atoms with Gasteiger partial charge in [-0.2, -0.15) is 0 Å². The van der Waals surface area contributed by atoms with Crippen LogP contribution in [0.15, 0.2) is 84.9 Å². The highest BCUT2D eigenvalue weighted by Gasteiger charge is 2.24. The van der Waals surface area contributed by atoms with E-state index in [9.17, 15) is 4.79 Å². The fourth-order valence-corrected chi connectivity index (χ4v) is 4.81. The lowest BCUT2D eigenvalue weighted by molar-refractivity contribution is -0.116. The standard InChI is InChI=1S/C26H23ClN2OS/c1-2-9-22-24(20-14-16-21(27)17-15-20)28-26(31-22)29-25(30)23(18-10-5-3-6-11-18)19-12-7-4-8-13-19/h3-8,10-17,23H,2,9H2,1H3,(H,28,29,30). The number of nitrogens with zero attached hydrogens (tertiary/aromatic N) is 1. The van der Waals surface area contributed by atoms with Gasteiger partial charge < -0.3 is 5.32 Å². The first-order valence-corrected chi connectivity index (χ1v) is 11.5. The van der Waals surface area contributed by atoms with Crippen LogP contribution in [0.4, 0.5) is 5.13 Å². The third-order valence-corrected chi connectivity index (χ3v) is 6.33. The minimum Gasteiger partial charge on any atom is -0.301 e. The second-order valence-corrected chi connectivity index (χ2v) is 8.81. The zero-order chi connectivity index (χ0) is 21.6. The highest BCUT2D eigenvalue weighted by molar-refractivity contribution is 7.16. The minimum absolute atomic E-state index is 0.0862. The Hall–Kier alpha value is -2.95. The van der Waals surface area contributed by atoms with Gasteiger partial charge in [-0.25, -0.2) is 4.98 Å². The van der Waals surface area contributed by atoms with Crippen LogP contribution in [0.2, 0.25) is 5.02 Å². The van der Waals surface area contributed by atoms with Gasteiger partial charge >= 0.3 is 0 Å². The fraction of sp³-hybridized carbons (Fsp3) is 0.154. The second kappa shape index (κ2) is 9.90. The van der Waals surface area contributed by atoms with E-state index >= 15 is 0 Å². The van der Waals surface area contributed by atoms with Crippen LogP contribution in [0.3, 0.4) is 0 Å². The summed E-state index contributed by atoms with van der Waals surface area (Å²) in [6.07, 6.45) is 1.92. The first-order chi connectivity index (χ1) is 15.2. The van der Waals surface area contributed by atoms with Gasteiger partial charge in [-0.1, -0.05) is 97.7 Å². The lowest BCUT2D eigenvalue weighted by atomic mass is 9.90. The number of carbonyl (C=O) groups is 1. The molecule has 1 amide bonds. The first kappa shape index (κ1) is 21.3. The Labute approximate surface area is 191 Å². The van der Waals surface area contributed by atoms with Crippen LogP contribution >= 0.6 is 22.9 Å². The number of anilines is 1. The van der Waals surface area contributed by atoms with Gasteiger partial charge in [0.25, 0.3) is 0 Å². The molecular formula is C26H23ClN2OS. The number of nitrogens with one attached hydrogen (secondary N) is 1. The number of halogens is 1. The summed E-state index contributed by atoms with van der Waals surface area (Å²) in [4.78, 5) is 19.4. The summed E-state index contributed by atoms with van der Waals surface area (Å²) < 4.78 is 0. The summed E-state index contributed by atoms with van der Waals surface area (Å²) in [7, 11) is 0. The Morgan fingerprint density at radius 1 is 0.935 bits per heavy atom. The molecule has 3 aromatic carbocycles.